The highest BCUT2D eigenvalue weighted by atomic mass is 16.5. The van der Waals surface area contributed by atoms with Crippen molar-refractivity contribution in [2.45, 2.75) is 66.1 Å². The first kappa shape index (κ1) is 24.0. The van der Waals surface area contributed by atoms with Gasteiger partial charge < -0.3 is 9.30 Å². The van der Waals surface area contributed by atoms with Gasteiger partial charge in [0.2, 0.25) is 5.88 Å². The van der Waals surface area contributed by atoms with Crippen LogP contribution in [0.15, 0.2) is 52.2 Å². The van der Waals surface area contributed by atoms with Crippen molar-refractivity contribution < 1.29 is 4.74 Å². The third-order valence-electron chi connectivity index (χ3n) is 6.65. The average molecular weight is 488 g/mol. The molecule has 0 aliphatic heterocycles. The van der Waals surface area contributed by atoms with Crippen molar-refractivity contribution in [1.82, 2.24) is 23.7 Å². The van der Waals surface area contributed by atoms with E-state index < -0.39 is 0 Å². The summed E-state index contributed by atoms with van der Waals surface area (Å²) in [6, 6.07) is 11.8. The van der Waals surface area contributed by atoms with Crippen LogP contribution in [0.3, 0.4) is 0 Å². The van der Waals surface area contributed by atoms with Crippen LogP contribution in [0, 0.1) is 12.8 Å². The van der Waals surface area contributed by atoms with Gasteiger partial charge in [0.05, 0.1) is 12.2 Å². The predicted molar refractivity (Wildman–Crippen MR) is 141 cm³/mol. The lowest BCUT2D eigenvalue weighted by atomic mass is 10.1. The van der Waals surface area contributed by atoms with Crippen LogP contribution in [0.5, 0.6) is 5.88 Å². The molecule has 1 saturated carbocycles. The summed E-state index contributed by atoms with van der Waals surface area (Å²) in [4.78, 5) is 36.6. The van der Waals surface area contributed by atoms with Gasteiger partial charge in [-0.2, -0.15) is 0 Å². The molecule has 0 amide bonds. The molecule has 0 radical (unpaired) electrons. The quantitative estimate of drug-likeness (QED) is 0.346. The van der Waals surface area contributed by atoms with Crippen molar-refractivity contribution >= 4 is 11.2 Å². The number of imidazole rings is 1. The van der Waals surface area contributed by atoms with Gasteiger partial charge in [0.15, 0.2) is 11.2 Å². The molecule has 0 saturated heterocycles. The molecule has 1 aliphatic carbocycles. The maximum atomic E-state index is 13.8. The minimum absolute atomic E-state index is 0.168. The SMILES string of the molecule is CCCn1c(=O)c2c(nc(-c3cccnc3OCC3CC3)n2Cc2ccc(C)cc2)n(C(C)C)c1=O. The molecule has 0 bridgehead atoms. The van der Waals surface area contributed by atoms with Gasteiger partial charge in [0.25, 0.3) is 5.56 Å². The van der Waals surface area contributed by atoms with Crippen LogP contribution in [-0.4, -0.2) is 30.3 Å². The first-order chi connectivity index (χ1) is 17.4. The van der Waals surface area contributed by atoms with Gasteiger partial charge in [-0.05, 0) is 63.6 Å². The number of rotatable bonds is 9. The molecule has 1 aromatic carbocycles. The van der Waals surface area contributed by atoms with E-state index in [1.807, 2.05) is 44.4 Å². The van der Waals surface area contributed by atoms with Gasteiger partial charge in [-0.25, -0.2) is 14.8 Å². The summed E-state index contributed by atoms with van der Waals surface area (Å²) in [5, 5.41) is 0. The second-order valence-corrected chi connectivity index (χ2v) is 9.99. The predicted octanol–water partition coefficient (Wildman–Crippen LogP) is 4.56. The van der Waals surface area contributed by atoms with E-state index in [0.29, 0.717) is 60.5 Å². The summed E-state index contributed by atoms with van der Waals surface area (Å²) in [5.41, 5.74) is 3.09. The third-order valence-corrected chi connectivity index (χ3v) is 6.65. The van der Waals surface area contributed by atoms with E-state index in [-0.39, 0.29) is 17.3 Å². The number of ether oxygens (including phenoxy) is 1. The Morgan fingerprint density at radius 2 is 1.83 bits per heavy atom. The molecule has 5 rings (SSSR count). The number of fused-ring (bicyclic) bond motifs is 1. The van der Waals surface area contributed by atoms with Crippen molar-refractivity contribution in [2.24, 2.45) is 5.92 Å². The molecule has 3 heterocycles. The fourth-order valence-corrected chi connectivity index (χ4v) is 4.53. The Labute approximate surface area is 210 Å². The number of benzene rings is 1. The third kappa shape index (κ3) is 4.47. The summed E-state index contributed by atoms with van der Waals surface area (Å²) in [6.45, 7) is 9.29. The molecule has 188 valence electrons. The van der Waals surface area contributed by atoms with Gasteiger partial charge in [-0.3, -0.25) is 13.9 Å². The summed E-state index contributed by atoms with van der Waals surface area (Å²) in [7, 11) is 0. The molecule has 1 aliphatic rings. The maximum absolute atomic E-state index is 13.8. The van der Waals surface area contributed by atoms with E-state index in [4.69, 9.17) is 9.72 Å². The summed E-state index contributed by atoms with van der Waals surface area (Å²) in [6.07, 6.45) is 4.73. The van der Waals surface area contributed by atoms with Gasteiger partial charge in [0.1, 0.15) is 5.82 Å². The number of nitrogens with zero attached hydrogens (tertiary/aromatic N) is 5. The molecular formula is C28H33N5O3. The summed E-state index contributed by atoms with van der Waals surface area (Å²) >= 11 is 0. The van der Waals surface area contributed by atoms with E-state index in [1.54, 1.807) is 10.8 Å². The van der Waals surface area contributed by atoms with Crippen LogP contribution in [-0.2, 0) is 13.1 Å². The smallest absolute Gasteiger partial charge is 0.332 e. The number of aryl methyl sites for hydroxylation is 1. The van der Waals surface area contributed by atoms with Crippen LogP contribution >= 0.6 is 0 Å². The van der Waals surface area contributed by atoms with Crippen LogP contribution in [0.4, 0.5) is 0 Å². The molecule has 4 aromatic rings. The number of hydrogen-bond donors (Lipinski definition) is 0. The van der Waals surface area contributed by atoms with Crippen LogP contribution in [0.25, 0.3) is 22.6 Å². The molecule has 8 heteroatoms. The molecule has 0 N–H and O–H groups in total. The Kier molecular flexibility index (Phi) is 6.51. The fraction of sp³-hybridized carbons (Fsp3) is 0.429. The van der Waals surface area contributed by atoms with E-state index in [2.05, 4.69) is 29.2 Å². The minimum atomic E-state index is -0.327. The van der Waals surface area contributed by atoms with Crippen LogP contribution in [0.2, 0.25) is 0 Å². The van der Waals surface area contributed by atoms with Crippen LogP contribution in [0.1, 0.15) is 57.2 Å². The van der Waals surface area contributed by atoms with Crippen molar-refractivity contribution in [3.63, 3.8) is 0 Å². The molecule has 0 atom stereocenters. The van der Waals surface area contributed by atoms with E-state index in [0.717, 1.165) is 11.1 Å². The van der Waals surface area contributed by atoms with E-state index >= 15 is 0 Å². The molecule has 0 unspecified atom stereocenters. The van der Waals surface area contributed by atoms with Crippen LogP contribution < -0.4 is 16.0 Å². The van der Waals surface area contributed by atoms with Crippen molar-refractivity contribution in [1.29, 1.82) is 0 Å². The van der Waals surface area contributed by atoms with Gasteiger partial charge in [-0.15, -0.1) is 0 Å². The molecule has 8 nitrogen and oxygen atoms in total. The van der Waals surface area contributed by atoms with E-state index in [1.165, 1.54) is 17.4 Å². The number of pyridine rings is 1. The van der Waals surface area contributed by atoms with Gasteiger partial charge in [-0.1, -0.05) is 36.8 Å². The Morgan fingerprint density at radius 3 is 2.50 bits per heavy atom. The largest absolute Gasteiger partial charge is 0.477 e. The lowest BCUT2D eigenvalue weighted by Crippen LogP contribution is -2.41. The highest BCUT2D eigenvalue weighted by molar-refractivity contribution is 5.78. The molecule has 0 spiro atoms. The zero-order chi connectivity index (χ0) is 25.4. The topological polar surface area (TPSA) is 83.9 Å². The van der Waals surface area contributed by atoms with Crippen molar-refractivity contribution in [3.8, 4) is 17.3 Å². The van der Waals surface area contributed by atoms with Crippen molar-refractivity contribution in [3.05, 3.63) is 74.6 Å². The maximum Gasteiger partial charge on any atom is 0.332 e. The Balaban J connectivity index is 1.79. The standard InChI is InChI=1S/C28H33N5O3/c1-5-15-31-27(34)23-25(33(18(2)3)28(31)35)30-24(32(23)16-20-10-8-19(4)9-11-20)22-7-6-14-29-26(22)36-17-21-12-13-21/h6-11,14,18,21H,5,12-13,15-17H2,1-4H3. The second-order valence-electron chi connectivity index (χ2n) is 9.99. The fourth-order valence-electron chi connectivity index (χ4n) is 4.53. The average Bonchev–Trinajstić information content (AvgIpc) is 3.62. The number of hydrogen-bond acceptors (Lipinski definition) is 5. The zero-order valence-electron chi connectivity index (χ0n) is 21.4. The normalized spacial score (nSPS) is 13.6. The Morgan fingerprint density at radius 1 is 1.08 bits per heavy atom. The highest BCUT2D eigenvalue weighted by Crippen LogP contribution is 2.33. The molecular weight excluding hydrogens is 454 g/mol. The van der Waals surface area contributed by atoms with Gasteiger partial charge in [0, 0.05) is 25.3 Å². The lowest BCUT2D eigenvalue weighted by Gasteiger charge is -2.15. The number of aromatic nitrogens is 5. The zero-order valence-corrected chi connectivity index (χ0v) is 21.4. The monoisotopic (exact) mass is 487 g/mol. The minimum Gasteiger partial charge on any atom is -0.477 e. The highest BCUT2D eigenvalue weighted by Gasteiger charge is 2.27. The molecule has 1 fully saturated rings. The lowest BCUT2D eigenvalue weighted by molar-refractivity contribution is 0.289. The van der Waals surface area contributed by atoms with Crippen molar-refractivity contribution in [2.75, 3.05) is 6.61 Å². The first-order valence-electron chi connectivity index (χ1n) is 12.8. The molecule has 3 aromatic heterocycles. The first-order valence-corrected chi connectivity index (χ1v) is 12.8. The Hall–Kier alpha value is -3.68. The summed E-state index contributed by atoms with van der Waals surface area (Å²) in [5.74, 6) is 1.64. The van der Waals surface area contributed by atoms with Gasteiger partial charge >= 0.3 is 5.69 Å². The molecule has 36 heavy (non-hydrogen) atoms. The second kappa shape index (κ2) is 9.76. The Bertz CT molecular complexity index is 1510. The summed E-state index contributed by atoms with van der Waals surface area (Å²) < 4.78 is 11.0. The van der Waals surface area contributed by atoms with E-state index in [9.17, 15) is 9.59 Å².